The molecule has 0 aromatic heterocycles. The van der Waals surface area contributed by atoms with Gasteiger partial charge in [-0.05, 0) is 36.1 Å². The largest absolute Gasteiger partial charge is 0.382 e. The van der Waals surface area contributed by atoms with E-state index in [1.807, 2.05) is 52.3 Å². The summed E-state index contributed by atoms with van der Waals surface area (Å²) in [6.07, 6.45) is 1.36. The van der Waals surface area contributed by atoms with E-state index in [1.165, 1.54) is 0 Å². The number of carbonyl (C=O) groups is 1. The van der Waals surface area contributed by atoms with E-state index in [2.05, 4.69) is 12.1 Å². The van der Waals surface area contributed by atoms with Gasteiger partial charge in [0.15, 0.2) is 0 Å². The molecule has 1 aliphatic heterocycles. The first-order chi connectivity index (χ1) is 12.6. The van der Waals surface area contributed by atoms with Crippen molar-refractivity contribution in [3.05, 3.63) is 60.2 Å². The molecule has 1 saturated carbocycles. The van der Waals surface area contributed by atoms with Gasteiger partial charge >= 0.3 is 0 Å². The number of nitrogens with zero attached hydrogens (tertiary/aromatic N) is 2. The molecule has 134 valence electrons. The Bertz CT molecular complexity index is 805. The highest BCUT2D eigenvalue weighted by Gasteiger charge is 2.47. The van der Waals surface area contributed by atoms with Crippen LogP contribution in [0.2, 0.25) is 0 Å². The molecule has 1 amide bonds. The molecule has 5 heteroatoms. The second-order valence-corrected chi connectivity index (χ2v) is 7.10. The van der Waals surface area contributed by atoms with Gasteiger partial charge in [0.05, 0.1) is 0 Å². The quantitative estimate of drug-likeness (QED) is 0.661. The third-order valence-electron chi connectivity index (χ3n) is 5.29. The van der Waals surface area contributed by atoms with E-state index in [4.69, 9.17) is 5.41 Å². The minimum absolute atomic E-state index is 0.0286. The van der Waals surface area contributed by atoms with Crippen LogP contribution in [0, 0.1) is 5.41 Å². The molecule has 26 heavy (non-hydrogen) atoms. The van der Waals surface area contributed by atoms with Crippen molar-refractivity contribution in [3.8, 4) is 11.1 Å². The zero-order valence-corrected chi connectivity index (χ0v) is 14.7. The first-order valence-electron chi connectivity index (χ1n) is 9.08. The summed E-state index contributed by atoms with van der Waals surface area (Å²) in [4.78, 5) is 16.5. The Morgan fingerprint density at radius 3 is 1.96 bits per heavy atom. The number of aliphatic hydroxyl groups is 1. The van der Waals surface area contributed by atoms with Crippen molar-refractivity contribution < 1.29 is 9.90 Å². The number of nitrogens with one attached hydrogen (secondary N) is 1. The Morgan fingerprint density at radius 1 is 0.846 bits per heavy atom. The van der Waals surface area contributed by atoms with Gasteiger partial charge in [0.1, 0.15) is 11.4 Å². The van der Waals surface area contributed by atoms with Crippen molar-refractivity contribution in [1.82, 2.24) is 9.80 Å². The molecule has 1 saturated heterocycles. The van der Waals surface area contributed by atoms with Crippen LogP contribution in [0.1, 0.15) is 23.2 Å². The minimum Gasteiger partial charge on any atom is -0.382 e. The number of piperazine rings is 1. The van der Waals surface area contributed by atoms with E-state index in [1.54, 1.807) is 0 Å². The molecule has 0 radical (unpaired) electrons. The SMILES string of the molecule is N=C(N1CCN(C(=O)c2ccc(-c3ccccc3)cc2)CC1)C1(O)CC1. The number of carbonyl (C=O) groups excluding carboxylic acids is 1. The van der Waals surface area contributed by atoms with Crippen molar-refractivity contribution >= 4 is 11.7 Å². The molecule has 1 heterocycles. The average Bonchev–Trinajstić information content (AvgIpc) is 3.46. The lowest BCUT2D eigenvalue weighted by atomic mass is 10.0. The Morgan fingerprint density at radius 2 is 1.38 bits per heavy atom. The number of rotatable bonds is 3. The highest BCUT2D eigenvalue weighted by atomic mass is 16.3. The number of hydrogen-bond acceptors (Lipinski definition) is 3. The summed E-state index contributed by atoms with van der Waals surface area (Å²) >= 11 is 0. The summed E-state index contributed by atoms with van der Waals surface area (Å²) in [5.74, 6) is 0.345. The number of amides is 1. The summed E-state index contributed by atoms with van der Waals surface area (Å²) in [5.41, 5.74) is 2.02. The lowest BCUT2D eigenvalue weighted by Gasteiger charge is -2.37. The third-order valence-corrected chi connectivity index (χ3v) is 5.29. The molecule has 2 N–H and O–H groups in total. The Labute approximate surface area is 153 Å². The first kappa shape index (κ1) is 16.8. The summed E-state index contributed by atoms with van der Waals surface area (Å²) < 4.78 is 0. The monoisotopic (exact) mass is 349 g/mol. The number of benzene rings is 2. The van der Waals surface area contributed by atoms with E-state index < -0.39 is 5.60 Å². The van der Waals surface area contributed by atoms with E-state index >= 15 is 0 Å². The Hall–Kier alpha value is -2.66. The van der Waals surface area contributed by atoms with Gasteiger partial charge in [-0.25, -0.2) is 0 Å². The highest BCUT2D eigenvalue weighted by molar-refractivity contribution is 5.95. The summed E-state index contributed by atoms with van der Waals surface area (Å²) in [6.45, 7) is 2.37. The molecule has 2 aromatic carbocycles. The van der Waals surface area contributed by atoms with Crippen LogP contribution in [0.3, 0.4) is 0 Å². The predicted molar refractivity (Wildman–Crippen MR) is 101 cm³/mol. The molecule has 2 aliphatic rings. The predicted octanol–water partition coefficient (Wildman–Crippen LogP) is 2.61. The fraction of sp³-hybridized carbons (Fsp3) is 0.333. The van der Waals surface area contributed by atoms with Crippen LogP contribution in [0.4, 0.5) is 0 Å². The van der Waals surface area contributed by atoms with Crippen LogP contribution in [0.25, 0.3) is 11.1 Å². The average molecular weight is 349 g/mol. The van der Waals surface area contributed by atoms with Crippen LogP contribution in [-0.4, -0.2) is 58.4 Å². The molecular formula is C21H23N3O2. The van der Waals surface area contributed by atoms with Gasteiger partial charge in [0, 0.05) is 31.7 Å². The zero-order chi connectivity index (χ0) is 18.1. The van der Waals surface area contributed by atoms with Crippen molar-refractivity contribution in [2.24, 2.45) is 0 Å². The third kappa shape index (κ3) is 3.22. The van der Waals surface area contributed by atoms with Crippen LogP contribution >= 0.6 is 0 Å². The number of amidine groups is 1. The van der Waals surface area contributed by atoms with Crippen molar-refractivity contribution in [2.45, 2.75) is 18.4 Å². The zero-order valence-electron chi connectivity index (χ0n) is 14.7. The van der Waals surface area contributed by atoms with E-state index in [0.29, 0.717) is 50.4 Å². The maximum absolute atomic E-state index is 12.7. The van der Waals surface area contributed by atoms with Gasteiger partial charge < -0.3 is 14.9 Å². The van der Waals surface area contributed by atoms with Crippen LogP contribution in [0.15, 0.2) is 54.6 Å². The highest BCUT2D eigenvalue weighted by Crippen LogP contribution is 2.37. The maximum Gasteiger partial charge on any atom is 0.253 e. The molecule has 4 rings (SSSR count). The van der Waals surface area contributed by atoms with Crippen LogP contribution in [0.5, 0.6) is 0 Å². The molecule has 0 spiro atoms. The Kier molecular flexibility index (Phi) is 4.24. The van der Waals surface area contributed by atoms with Crippen molar-refractivity contribution in [3.63, 3.8) is 0 Å². The van der Waals surface area contributed by atoms with Crippen LogP contribution in [-0.2, 0) is 0 Å². The van der Waals surface area contributed by atoms with Gasteiger partial charge in [0.25, 0.3) is 5.91 Å². The lowest BCUT2D eigenvalue weighted by Crippen LogP contribution is -2.53. The normalized spacial score (nSPS) is 18.5. The van der Waals surface area contributed by atoms with Crippen molar-refractivity contribution in [2.75, 3.05) is 26.2 Å². The molecule has 0 unspecified atom stereocenters. The standard InChI is InChI=1S/C21H23N3O2/c22-20(21(26)10-11-21)24-14-12-23(13-15-24)19(25)18-8-6-17(7-9-18)16-4-2-1-3-5-16/h1-9,22,26H,10-15H2. The molecule has 2 aromatic rings. The van der Waals surface area contributed by atoms with Gasteiger partial charge in [-0.15, -0.1) is 0 Å². The van der Waals surface area contributed by atoms with E-state index in [-0.39, 0.29) is 5.91 Å². The number of hydrogen-bond donors (Lipinski definition) is 2. The molecule has 0 atom stereocenters. The summed E-state index contributed by atoms with van der Waals surface area (Å²) in [5, 5.41) is 18.2. The molecule has 0 bridgehead atoms. The minimum atomic E-state index is -0.903. The van der Waals surface area contributed by atoms with Crippen molar-refractivity contribution in [1.29, 1.82) is 5.41 Å². The maximum atomic E-state index is 12.7. The van der Waals surface area contributed by atoms with E-state index in [9.17, 15) is 9.90 Å². The smallest absolute Gasteiger partial charge is 0.253 e. The fourth-order valence-electron chi connectivity index (χ4n) is 3.40. The first-order valence-corrected chi connectivity index (χ1v) is 9.08. The van der Waals surface area contributed by atoms with Gasteiger partial charge in [-0.2, -0.15) is 0 Å². The van der Waals surface area contributed by atoms with E-state index in [0.717, 1.165) is 11.1 Å². The second-order valence-electron chi connectivity index (χ2n) is 7.10. The Balaban J connectivity index is 1.38. The lowest BCUT2D eigenvalue weighted by molar-refractivity contribution is 0.0681. The van der Waals surface area contributed by atoms with Gasteiger partial charge in [-0.1, -0.05) is 42.5 Å². The second kappa shape index (κ2) is 6.57. The van der Waals surface area contributed by atoms with Crippen LogP contribution < -0.4 is 0 Å². The molecule has 5 nitrogen and oxygen atoms in total. The fourth-order valence-corrected chi connectivity index (χ4v) is 3.40. The molecular weight excluding hydrogens is 326 g/mol. The van der Waals surface area contributed by atoms with Gasteiger partial charge in [-0.3, -0.25) is 10.2 Å². The van der Waals surface area contributed by atoms with Gasteiger partial charge in [0.2, 0.25) is 0 Å². The topological polar surface area (TPSA) is 67.6 Å². The molecule has 2 fully saturated rings. The summed E-state index contributed by atoms with van der Waals surface area (Å²) in [7, 11) is 0. The summed E-state index contributed by atoms with van der Waals surface area (Å²) in [6, 6.07) is 17.8. The molecule has 1 aliphatic carbocycles.